The zero-order valence-electron chi connectivity index (χ0n) is 22.6. The fraction of sp³-hybridized carbons (Fsp3) is 0.708. The summed E-state index contributed by atoms with van der Waals surface area (Å²) in [5.41, 5.74) is 0.922. The van der Waals surface area contributed by atoms with Crippen molar-refractivity contribution in [2.24, 2.45) is 0 Å². The number of hydrogen-bond acceptors (Lipinski definition) is 6. The molecule has 0 bridgehead atoms. The molecule has 1 aromatic rings. The molecule has 0 aliphatic rings. The van der Waals surface area contributed by atoms with Crippen molar-refractivity contribution in [1.29, 1.82) is 0 Å². The topological polar surface area (TPSA) is 86.8 Å². The number of nitrogens with zero attached hydrogens (tertiary/aromatic N) is 1. The molecule has 0 aliphatic carbocycles. The molecular weight excluding hydrogens is 452 g/mol. The summed E-state index contributed by atoms with van der Waals surface area (Å²) in [7, 11) is -2.88. The third kappa shape index (κ3) is 7.73. The van der Waals surface area contributed by atoms with Crippen molar-refractivity contribution in [2.45, 2.75) is 103 Å². The van der Waals surface area contributed by atoms with Gasteiger partial charge in [0, 0.05) is 11.8 Å². The number of carbonyl (C=O) groups excluding carboxylic acids is 2. The number of esters is 1. The summed E-state index contributed by atoms with van der Waals surface area (Å²) in [5.74, 6) is -1.00. The van der Waals surface area contributed by atoms with Crippen molar-refractivity contribution >= 4 is 28.5 Å². The molecule has 0 saturated carbocycles. The summed E-state index contributed by atoms with van der Waals surface area (Å²) in [6.45, 7) is 23.5. The van der Waals surface area contributed by atoms with Crippen LogP contribution in [0.1, 0.15) is 64.5 Å². The molecule has 1 N–H and O–H groups in total. The van der Waals surface area contributed by atoms with E-state index in [9.17, 15) is 9.59 Å². The van der Waals surface area contributed by atoms with Crippen LogP contribution < -0.4 is 5.32 Å². The van der Waals surface area contributed by atoms with E-state index >= 15 is 0 Å². The van der Waals surface area contributed by atoms with Gasteiger partial charge in [0.25, 0.3) is 5.91 Å². The average Bonchev–Trinajstić information content (AvgIpc) is 2.67. The van der Waals surface area contributed by atoms with Crippen LogP contribution in [0.4, 0.5) is 0 Å². The summed E-state index contributed by atoms with van der Waals surface area (Å²) >= 11 is 0. The molecular formula is C24H44N2O5Si2. The van der Waals surface area contributed by atoms with Gasteiger partial charge >= 0.3 is 5.97 Å². The summed E-state index contributed by atoms with van der Waals surface area (Å²) in [6, 6.07) is 2.66. The Bertz CT molecular complexity index is 829. The largest absolute Gasteiger partial charge is 0.467 e. The van der Waals surface area contributed by atoms with Crippen LogP contribution in [0.15, 0.2) is 18.3 Å². The van der Waals surface area contributed by atoms with Crippen LogP contribution in [0, 0.1) is 0 Å². The van der Waals surface area contributed by atoms with Crippen LogP contribution in [-0.4, -0.2) is 52.8 Å². The number of pyridine rings is 1. The highest BCUT2D eigenvalue weighted by molar-refractivity contribution is 6.74. The monoisotopic (exact) mass is 496 g/mol. The fourth-order valence-electron chi connectivity index (χ4n) is 2.65. The van der Waals surface area contributed by atoms with Gasteiger partial charge in [0.05, 0.1) is 19.8 Å². The molecule has 1 amide bonds. The van der Waals surface area contributed by atoms with Crippen molar-refractivity contribution in [2.75, 3.05) is 7.11 Å². The fourth-order valence-corrected chi connectivity index (χ4v) is 5.02. The van der Waals surface area contributed by atoms with Crippen LogP contribution >= 0.6 is 0 Å². The zero-order chi connectivity index (χ0) is 25.8. The Morgan fingerprint density at radius 1 is 1.03 bits per heavy atom. The van der Waals surface area contributed by atoms with Crippen molar-refractivity contribution in [3.05, 3.63) is 29.6 Å². The van der Waals surface area contributed by atoms with Crippen molar-refractivity contribution in [1.82, 2.24) is 10.3 Å². The molecule has 0 aliphatic heterocycles. The van der Waals surface area contributed by atoms with Gasteiger partial charge < -0.3 is 18.9 Å². The van der Waals surface area contributed by atoms with E-state index in [1.807, 2.05) is 6.07 Å². The van der Waals surface area contributed by atoms with Gasteiger partial charge in [0.15, 0.2) is 22.7 Å². The van der Waals surface area contributed by atoms with Crippen molar-refractivity contribution in [3.63, 3.8) is 0 Å². The second-order valence-corrected chi connectivity index (χ2v) is 21.2. The molecule has 0 saturated heterocycles. The first kappa shape index (κ1) is 29.5. The van der Waals surface area contributed by atoms with Gasteiger partial charge in [0.2, 0.25) is 0 Å². The maximum absolute atomic E-state index is 13.2. The van der Waals surface area contributed by atoms with Gasteiger partial charge in [-0.3, -0.25) is 9.78 Å². The van der Waals surface area contributed by atoms with Gasteiger partial charge in [-0.1, -0.05) is 47.6 Å². The first-order chi connectivity index (χ1) is 14.8. The highest BCUT2D eigenvalue weighted by atomic mass is 28.4. The maximum Gasteiger partial charge on any atom is 0.331 e. The van der Waals surface area contributed by atoms with E-state index < -0.39 is 40.7 Å². The number of ether oxygens (including phenoxy) is 1. The number of amides is 1. The first-order valence-corrected chi connectivity index (χ1v) is 17.3. The van der Waals surface area contributed by atoms with E-state index in [1.165, 1.54) is 7.11 Å². The van der Waals surface area contributed by atoms with E-state index in [-0.39, 0.29) is 22.4 Å². The molecule has 1 rings (SSSR count). The molecule has 188 valence electrons. The van der Waals surface area contributed by atoms with Gasteiger partial charge in [-0.05, 0) is 49.3 Å². The second kappa shape index (κ2) is 10.8. The van der Waals surface area contributed by atoms with E-state index in [0.29, 0.717) is 5.56 Å². The molecule has 33 heavy (non-hydrogen) atoms. The Balaban J connectivity index is 3.12. The van der Waals surface area contributed by atoms with Gasteiger partial charge in [-0.15, -0.1) is 0 Å². The summed E-state index contributed by atoms with van der Waals surface area (Å²) < 4.78 is 17.6. The molecule has 0 fully saturated rings. The highest BCUT2D eigenvalue weighted by Gasteiger charge is 2.42. The van der Waals surface area contributed by atoms with E-state index in [1.54, 1.807) is 19.2 Å². The Morgan fingerprint density at radius 3 is 2.06 bits per heavy atom. The number of methoxy groups -OCH3 is 1. The molecule has 9 heteroatoms. The van der Waals surface area contributed by atoms with E-state index in [4.69, 9.17) is 13.6 Å². The van der Waals surface area contributed by atoms with Crippen molar-refractivity contribution in [3.8, 4) is 0 Å². The highest BCUT2D eigenvalue weighted by Crippen LogP contribution is 2.38. The molecule has 2 atom stereocenters. The van der Waals surface area contributed by atoms with Gasteiger partial charge in [-0.2, -0.15) is 0 Å². The third-order valence-corrected chi connectivity index (χ3v) is 16.1. The third-order valence-electron chi connectivity index (χ3n) is 7.00. The quantitative estimate of drug-likeness (QED) is 0.369. The number of hydrogen-bond donors (Lipinski definition) is 1. The summed E-state index contributed by atoms with van der Waals surface area (Å²) in [5, 5.41) is 2.81. The van der Waals surface area contributed by atoms with Crippen LogP contribution in [-0.2, 0) is 25.0 Å². The predicted molar refractivity (Wildman–Crippen MR) is 137 cm³/mol. The predicted octanol–water partition coefficient (Wildman–Crippen LogP) is 5.29. The lowest BCUT2D eigenvalue weighted by atomic mass is 10.1. The van der Waals surface area contributed by atoms with Crippen LogP contribution in [0.3, 0.4) is 0 Å². The number of rotatable bonds is 9. The first-order valence-electron chi connectivity index (χ1n) is 11.5. The average molecular weight is 497 g/mol. The maximum atomic E-state index is 13.2. The van der Waals surface area contributed by atoms with Gasteiger partial charge in [0.1, 0.15) is 5.69 Å². The normalized spacial score (nSPS) is 15.0. The van der Waals surface area contributed by atoms with Crippen LogP contribution in [0.2, 0.25) is 36.3 Å². The molecule has 0 unspecified atom stereocenters. The SMILES string of the molecule is COC(=O)[C@@H](NC(=O)c1ncccc1CO[Si](C)(C)C(C)(C)C)[C@@H](C)O[Si](C)(C)C(C)(C)C. The molecule has 1 heterocycles. The lowest BCUT2D eigenvalue weighted by Crippen LogP contribution is -2.54. The summed E-state index contributed by atoms with van der Waals surface area (Å²) in [4.78, 5) is 30.1. The molecule has 0 aromatic carbocycles. The Hall–Kier alpha value is -1.56. The standard InChI is InChI=1S/C24H44N2O5Si2/c1-17(31-33(11,12)24(5,6)7)19(22(28)29-8)26-21(27)20-18(14-13-15-25-20)16-30-32(9,10)23(2,3)4/h13-15,17,19H,16H2,1-12H3,(H,26,27)/t17-,19+/m1/s1. The minimum Gasteiger partial charge on any atom is -0.467 e. The minimum absolute atomic E-state index is 0.0405. The number of carbonyl (C=O) groups is 2. The van der Waals surface area contributed by atoms with E-state index in [2.05, 4.69) is 78.0 Å². The zero-order valence-corrected chi connectivity index (χ0v) is 24.6. The van der Waals surface area contributed by atoms with Crippen molar-refractivity contribution < 1.29 is 23.2 Å². The molecule has 1 aromatic heterocycles. The molecule has 7 nitrogen and oxygen atoms in total. The number of aromatic nitrogens is 1. The Labute approximate surface area is 202 Å². The lowest BCUT2D eigenvalue weighted by molar-refractivity contribution is -0.145. The second-order valence-electron chi connectivity index (χ2n) is 11.6. The van der Waals surface area contributed by atoms with Gasteiger partial charge in [-0.25, -0.2) is 4.79 Å². The number of nitrogens with one attached hydrogen (secondary N) is 1. The Kier molecular flexibility index (Phi) is 9.64. The summed E-state index contributed by atoms with van der Waals surface area (Å²) in [6.07, 6.45) is 1.01. The lowest BCUT2D eigenvalue weighted by Gasteiger charge is -2.39. The van der Waals surface area contributed by atoms with E-state index in [0.717, 1.165) is 0 Å². The molecule has 0 spiro atoms. The Morgan fingerprint density at radius 2 is 1.58 bits per heavy atom. The smallest absolute Gasteiger partial charge is 0.331 e. The van der Waals surface area contributed by atoms with Crippen LogP contribution in [0.25, 0.3) is 0 Å². The van der Waals surface area contributed by atoms with Crippen LogP contribution in [0.5, 0.6) is 0 Å². The molecule has 0 radical (unpaired) electrons. The minimum atomic E-state index is -2.17.